The molecule has 1 aromatic carbocycles. The molecular formula is C28H40ClN3O6. The second-order valence-electron chi connectivity index (χ2n) is 10.6. The normalized spacial score (nSPS) is 23.8. The third-order valence-electron chi connectivity index (χ3n) is 6.84. The summed E-state index contributed by atoms with van der Waals surface area (Å²) in [7, 11) is 1.47. The number of likely N-dealkylation sites (N-methyl/N-ethyl adjacent to an activating group) is 1. The lowest BCUT2D eigenvalue weighted by atomic mass is 9.95. The van der Waals surface area contributed by atoms with Gasteiger partial charge in [0.25, 0.3) is 5.91 Å². The van der Waals surface area contributed by atoms with E-state index in [9.17, 15) is 29.4 Å². The molecule has 1 heterocycles. The number of phenols is 1. The third kappa shape index (κ3) is 7.80. The van der Waals surface area contributed by atoms with Crippen molar-refractivity contribution in [2.75, 3.05) is 7.05 Å². The second-order valence-corrected chi connectivity index (χ2v) is 11.0. The van der Waals surface area contributed by atoms with E-state index in [4.69, 9.17) is 11.6 Å². The van der Waals surface area contributed by atoms with Crippen LogP contribution in [0.1, 0.15) is 59.9 Å². The fourth-order valence-electron chi connectivity index (χ4n) is 4.90. The summed E-state index contributed by atoms with van der Waals surface area (Å²) in [5.41, 5.74) is 1.56. The highest BCUT2D eigenvalue weighted by atomic mass is 35.5. The Labute approximate surface area is 229 Å². The zero-order chi connectivity index (χ0) is 28.9. The van der Waals surface area contributed by atoms with Crippen molar-refractivity contribution >= 4 is 35.2 Å². The first-order chi connectivity index (χ1) is 17.6. The Bertz CT molecular complexity index is 1090. The number of nitrogens with one attached hydrogen (secondary N) is 1. The minimum Gasteiger partial charge on any atom is -0.506 e. The standard InChI is InChI=1S/C28H40ClN3O6/c1-15(10-16(2)12-18(4)33)11-17(3)26(36)32-20(6)28(38)31(7)23(25(35)30-19(5)27(32)37)14-21-8-9-24(34)22(29)13-21/h8-10,13,16-20,23,33-34H,11-12,14H2,1-7H3,(H,30,35). The Balaban J connectivity index is 2.31. The summed E-state index contributed by atoms with van der Waals surface area (Å²) in [5, 5.41) is 22.1. The highest BCUT2D eigenvalue weighted by Crippen LogP contribution is 2.26. The first kappa shape index (κ1) is 31.3. The minimum absolute atomic E-state index is 0.0979. The molecule has 1 fully saturated rings. The molecule has 0 saturated carbocycles. The van der Waals surface area contributed by atoms with Crippen LogP contribution in [0.15, 0.2) is 29.8 Å². The summed E-state index contributed by atoms with van der Waals surface area (Å²) >= 11 is 6.02. The quantitative estimate of drug-likeness (QED) is 0.428. The van der Waals surface area contributed by atoms with E-state index in [1.807, 2.05) is 19.9 Å². The lowest BCUT2D eigenvalue weighted by molar-refractivity contribution is -0.156. The first-order valence-corrected chi connectivity index (χ1v) is 13.3. The van der Waals surface area contributed by atoms with Crippen molar-refractivity contribution in [3.05, 3.63) is 40.4 Å². The third-order valence-corrected chi connectivity index (χ3v) is 7.14. The van der Waals surface area contributed by atoms with E-state index < -0.39 is 53.8 Å². The van der Waals surface area contributed by atoms with Crippen LogP contribution in [0, 0.1) is 11.8 Å². The Hall–Kier alpha value is -2.91. The molecule has 10 heteroatoms. The molecule has 4 amide bonds. The van der Waals surface area contributed by atoms with Crippen LogP contribution in [0.3, 0.4) is 0 Å². The van der Waals surface area contributed by atoms with Gasteiger partial charge in [0.1, 0.15) is 23.9 Å². The summed E-state index contributed by atoms with van der Waals surface area (Å²) in [5.74, 6) is -2.80. The molecule has 3 N–H and O–H groups in total. The highest BCUT2D eigenvalue weighted by Gasteiger charge is 2.42. The fraction of sp³-hybridized carbons (Fsp3) is 0.571. The van der Waals surface area contributed by atoms with Crippen LogP contribution < -0.4 is 5.32 Å². The molecule has 0 aliphatic carbocycles. The van der Waals surface area contributed by atoms with E-state index in [-0.39, 0.29) is 23.1 Å². The van der Waals surface area contributed by atoms with Gasteiger partial charge in [-0.05, 0) is 64.2 Å². The van der Waals surface area contributed by atoms with Crippen molar-refractivity contribution in [3.63, 3.8) is 0 Å². The smallest absolute Gasteiger partial charge is 0.252 e. The second kappa shape index (κ2) is 13.2. The van der Waals surface area contributed by atoms with Gasteiger partial charge in [0.05, 0.1) is 11.1 Å². The molecule has 210 valence electrons. The number of hydrogen-bond acceptors (Lipinski definition) is 6. The molecular weight excluding hydrogens is 510 g/mol. The number of benzene rings is 1. The highest BCUT2D eigenvalue weighted by molar-refractivity contribution is 6.32. The largest absolute Gasteiger partial charge is 0.506 e. The molecule has 6 atom stereocenters. The Morgan fingerprint density at radius 2 is 1.79 bits per heavy atom. The molecule has 1 saturated heterocycles. The summed E-state index contributed by atoms with van der Waals surface area (Å²) in [6.45, 7) is 10.3. The monoisotopic (exact) mass is 549 g/mol. The van der Waals surface area contributed by atoms with Gasteiger partial charge in [-0.25, -0.2) is 0 Å². The van der Waals surface area contributed by atoms with Gasteiger partial charge in [-0.15, -0.1) is 0 Å². The minimum atomic E-state index is -1.12. The van der Waals surface area contributed by atoms with Crippen LogP contribution in [0.4, 0.5) is 0 Å². The number of phenolic OH excluding ortho intramolecular Hbond substituents is 1. The number of aliphatic hydroxyl groups excluding tert-OH is 1. The SMILES string of the molecule is CC(=CC(C)CC(C)O)CC(C)C(=O)N1C(=O)C(C)NC(=O)C(Cc2ccc(O)c(Cl)c2)N(C)C(=O)C1C. The maximum absolute atomic E-state index is 13.5. The van der Waals surface area contributed by atoms with Gasteiger partial charge in [0.15, 0.2) is 0 Å². The van der Waals surface area contributed by atoms with Gasteiger partial charge in [-0.3, -0.25) is 24.1 Å². The maximum Gasteiger partial charge on any atom is 0.252 e. The fourth-order valence-corrected chi connectivity index (χ4v) is 5.11. The molecule has 0 spiro atoms. The molecule has 0 aromatic heterocycles. The molecule has 1 aromatic rings. The lowest BCUT2D eigenvalue weighted by Gasteiger charge is -2.33. The van der Waals surface area contributed by atoms with Gasteiger partial charge in [-0.2, -0.15) is 0 Å². The maximum atomic E-state index is 13.5. The van der Waals surface area contributed by atoms with Gasteiger partial charge in [0, 0.05) is 19.4 Å². The Kier molecular flexibility index (Phi) is 10.9. The number of carbonyl (C=O) groups is 4. The zero-order valence-corrected chi connectivity index (χ0v) is 24.0. The van der Waals surface area contributed by atoms with Crippen LogP contribution in [-0.2, 0) is 25.6 Å². The van der Waals surface area contributed by atoms with E-state index >= 15 is 0 Å². The number of carbonyl (C=O) groups excluding carboxylic acids is 4. The van der Waals surface area contributed by atoms with E-state index in [1.165, 1.54) is 37.9 Å². The molecule has 9 nitrogen and oxygen atoms in total. The summed E-state index contributed by atoms with van der Waals surface area (Å²) in [6, 6.07) is 1.41. The number of amides is 4. The van der Waals surface area contributed by atoms with Crippen molar-refractivity contribution in [3.8, 4) is 5.75 Å². The van der Waals surface area contributed by atoms with Crippen molar-refractivity contribution in [1.82, 2.24) is 15.1 Å². The van der Waals surface area contributed by atoms with Gasteiger partial charge < -0.3 is 20.4 Å². The summed E-state index contributed by atoms with van der Waals surface area (Å²) in [4.78, 5) is 55.8. The van der Waals surface area contributed by atoms with E-state index in [0.29, 0.717) is 18.4 Å². The topological polar surface area (TPSA) is 127 Å². The number of halogens is 1. The Morgan fingerprint density at radius 1 is 1.16 bits per heavy atom. The number of hydrogen-bond donors (Lipinski definition) is 3. The summed E-state index contributed by atoms with van der Waals surface area (Å²) < 4.78 is 0. The van der Waals surface area contributed by atoms with Crippen molar-refractivity contribution in [2.24, 2.45) is 11.8 Å². The molecule has 6 unspecified atom stereocenters. The number of aliphatic hydroxyl groups is 1. The first-order valence-electron chi connectivity index (χ1n) is 12.9. The van der Waals surface area contributed by atoms with Crippen molar-refractivity contribution < 1.29 is 29.4 Å². The van der Waals surface area contributed by atoms with E-state index in [0.717, 1.165) is 10.5 Å². The number of imide groups is 1. The van der Waals surface area contributed by atoms with Crippen LogP contribution >= 0.6 is 11.6 Å². The molecule has 1 aliphatic heterocycles. The van der Waals surface area contributed by atoms with Crippen molar-refractivity contribution in [2.45, 2.75) is 85.0 Å². The predicted octanol–water partition coefficient (Wildman–Crippen LogP) is 3.06. The molecule has 1 aliphatic rings. The average molecular weight is 550 g/mol. The van der Waals surface area contributed by atoms with Gasteiger partial charge >= 0.3 is 0 Å². The predicted molar refractivity (Wildman–Crippen MR) is 145 cm³/mol. The van der Waals surface area contributed by atoms with Crippen LogP contribution in [0.25, 0.3) is 0 Å². The molecule has 0 bridgehead atoms. The number of allylic oxidation sites excluding steroid dienone is 2. The number of aromatic hydroxyl groups is 1. The van der Waals surface area contributed by atoms with Crippen LogP contribution in [0.2, 0.25) is 5.02 Å². The molecule has 2 rings (SSSR count). The van der Waals surface area contributed by atoms with Gasteiger partial charge in [0.2, 0.25) is 17.7 Å². The van der Waals surface area contributed by atoms with E-state index in [1.54, 1.807) is 19.9 Å². The van der Waals surface area contributed by atoms with E-state index in [2.05, 4.69) is 5.32 Å². The summed E-state index contributed by atoms with van der Waals surface area (Å²) in [6.07, 6.45) is 2.64. The van der Waals surface area contributed by atoms with Crippen LogP contribution in [-0.4, -0.2) is 74.9 Å². The van der Waals surface area contributed by atoms with Gasteiger partial charge in [-0.1, -0.05) is 43.2 Å². The van der Waals surface area contributed by atoms with Crippen molar-refractivity contribution in [1.29, 1.82) is 0 Å². The molecule has 0 radical (unpaired) electrons. The van der Waals surface area contributed by atoms with Crippen LogP contribution in [0.5, 0.6) is 5.75 Å². The zero-order valence-electron chi connectivity index (χ0n) is 23.2. The number of rotatable bonds is 8. The lowest BCUT2D eigenvalue weighted by Crippen LogP contribution is -2.55. The molecule has 38 heavy (non-hydrogen) atoms. The Morgan fingerprint density at radius 3 is 2.37 bits per heavy atom. The average Bonchev–Trinajstić information content (AvgIpc) is 2.83. The number of nitrogens with zero attached hydrogens (tertiary/aromatic N) is 2.